The number of nitrogens with two attached hydrogens (primary N) is 1. The third kappa shape index (κ3) is 3.97. The van der Waals surface area contributed by atoms with Crippen LogP contribution in [0.5, 0.6) is 0 Å². The lowest BCUT2D eigenvalue weighted by Crippen LogP contribution is -2.12. The number of thiazole rings is 2. The molecule has 0 saturated carbocycles. The third-order valence-electron chi connectivity index (χ3n) is 2.27. The minimum atomic E-state index is -0.240. The number of nitrogens with zero attached hydrogens (tertiary/aromatic N) is 2. The number of halogens is 1. The van der Waals surface area contributed by atoms with Gasteiger partial charge >= 0.3 is 0 Å². The van der Waals surface area contributed by atoms with Crippen LogP contribution in [0.4, 0.5) is 5.13 Å². The zero-order valence-electron chi connectivity index (χ0n) is 10.5. The van der Waals surface area contributed by atoms with Crippen molar-refractivity contribution < 1.29 is 4.79 Å². The summed E-state index contributed by atoms with van der Waals surface area (Å²) in [5, 5.41) is 5.80. The fraction of sp³-hybridized carbons (Fsp3) is 0.364. The predicted octanol–water partition coefficient (Wildman–Crippen LogP) is 2.86. The van der Waals surface area contributed by atoms with Gasteiger partial charge < -0.3 is 5.73 Å². The Hall–Kier alpha value is -1.02. The smallest absolute Gasteiger partial charge is 0.276 e. The molecule has 5 nitrogen and oxygen atoms in total. The summed E-state index contributed by atoms with van der Waals surface area (Å²) in [5.41, 5.74) is 5.85. The molecule has 2 rings (SSSR count). The molecule has 2 heterocycles. The van der Waals surface area contributed by atoms with E-state index in [-0.39, 0.29) is 18.3 Å². The molecule has 8 heteroatoms. The summed E-state index contributed by atoms with van der Waals surface area (Å²) < 4.78 is 0. The zero-order valence-corrected chi connectivity index (χ0v) is 13.0. The maximum atomic E-state index is 11.9. The first-order chi connectivity index (χ1) is 8.60. The standard InChI is InChI=1S/C11H14N4OS2.ClH/c1-6(2)8-4-13-11(18-8)15-10(16)7-5-17-9(3-12)14-7;/h4-6H,3,12H2,1-2H3,(H,13,15,16);1H. The van der Waals surface area contributed by atoms with E-state index >= 15 is 0 Å². The van der Waals surface area contributed by atoms with E-state index in [1.165, 1.54) is 22.7 Å². The van der Waals surface area contributed by atoms with Crippen molar-refractivity contribution in [1.82, 2.24) is 9.97 Å². The van der Waals surface area contributed by atoms with Gasteiger partial charge in [-0.1, -0.05) is 13.8 Å². The number of aromatic nitrogens is 2. The summed E-state index contributed by atoms with van der Waals surface area (Å²) in [6, 6.07) is 0. The van der Waals surface area contributed by atoms with Crippen molar-refractivity contribution in [3.05, 3.63) is 27.2 Å². The van der Waals surface area contributed by atoms with E-state index in [2.05, 4.69) is 29.1 Å². The van der Waals surface area contributed by atoms with Gasteiger partial charge in [-0.3, -0.25) is 10.1 Å². The molecule has 0 bridgehead atoms. The second-order valence-corrected chi connectivity index (χ2v) is 6.01. The van der Waals surface area contributed by atoms with Crippen LogP contribution in [0.25, 0.3) is 0 Å². The first kappa shape index (κ1) is 16.0. The molecular formula is C11H15ClN4OS2. The molecule has 0 radical (unpaired) electrons. The van der Waals surface area contributed by atoms with Gasteiger partial charge in [-0.25, -0.2) is 9.97 Å². The summed E-state index contributed by atoms with van der Waals surface area (Å²) in [5.74, 6) is 0.173. The van der Waals surface area contributed by atoms with Gasteiger partial charge in [0.25, 0.3) is 5.91 Å². The van der Waals surface area contributed by atoms with Crippen molar-refractivity contribution in [2.24, 2.45) is 5.73 Å². The molecule has 0 aliphatic heterocycles. The van der Waals surface area contributed by atoms with Crippen LogP contribution in [-0.4, -0.2) is 15.9 Å². The molecule has 0 fully saturated rings. The lowest BCUT2D eigenvalue weighted by Gasteiger charge is -1.98. The first-order valence-electron chi connectivity index (χ1n) is 5.51. The van der Waals surface area contributed by atoms with Crippen molar-refractivity contribution in [2.45, 2.75) is 26.3 Å². The van der Waals surface area contributed by atoms with Crippen LogP contribution in [-0.2, 0) is 6.54 Å². The largest absolute Gasteiger partial charge is 0.325 e. The molecule has 3 N–H and O–H groups in total. The molecule has 0 atom stereocenters. The van der Waals surface area contributed by atoms with Gasteiger partial charge in [-0.2, -0.15) is 0 Å². The maximum absolute atomic E-state index is 11.9. The quantitative estimate of drug-likeness (QED) is 0.908. The molecule has 2 aromatic rings. The number of hydrogen-bond donors (Lipinski definition) is 2. The molecule has 0 aliphatic rings. The number of carbonyl (C=O) groups is 1. The Labute approximate surface area is 125 Å². The van der Waals surface area contributed by atoms with Gasteiger partial charge in [0.05, 0.1) is 0 Å². The molecule has 0 spiro atoms. The van der Waals surface area contributed by atoms with Crippen LogP contribution in [0, 0.1) is 0 Å². The summed E-state index contributed by atoms with van der Waals surface area (Å²) in [4.78, 5) is 21.3. The molecule has 19 heavy (non-hydrogen) atoms. The highest BCUT2D eigenvalue weighted by atomic mass is 35.5. The van der Waals surface area contributed by atoms with E-state index in [9.17, 15) is 4.79 Å². The molecule has 0 unspecified atom stereocenters. The van der Waals surface area contributed by atoms with Gasteiger partial charge in [0.2, 0.25) is 0 Å². The van der Waals surface area contributed by atoms with Gasteiger partial charge in [-0.15, -0.1) is 35.1 Å². The lowest BCUT2D eigenvalue weighted by atomic mass is 10.2. The second-order valence-electron chi connectivity index (χ2n) is 4.01. The van der Waals surface area contributed by atoms with E-state index in [1.807, 2.05) is 0 Å². The molecule has 0 saturated heterocycles. The van der Waals surface area contributed by atoms with Gasteiger partial charge in [0.1, 0.15) is 10.7 Å². The van der Waals surface area contributed by atoms with Crippen LogP contribution in [0.1, 0.15) is 40.1 Å². The first-order valence-corrected chi connectivity index (χ1v) is 7.21. The fourth-order valence-corrected chi connectivity index (χ4v) is 2.75. The van der Waals surface area contributed by atoms with Crippen molar-refractivity contribution >= 4 is 46.1 Å². The van der Waals surface area contributed by atoms with E-state index < -0.39 is 0 Å². The van der Waals surface area contributed by atoms with Crippen LogP contribution in [0.15, 0.2) is 11.6 Å². The molecule has 0 aromatic carbocycles. The highest BCUT2D eigenvalue weighted by Gasteiger charge is 2.13. The maximum Gasteiger partial charge on any atom is 0.276 e. The van der Waals surface area contributed by atoms with Crippen molar-refractivity contribution in [3.63, 3.8) is 0 Å². The Morgan fingerprint density at radius 2 is 2.26 bits per heavy atom. The Bertz CT molecular complexity index is 552. The van der Waals surface area contributed by atoms with Crippen molar-refractivity contribution in [2.75, 3.05) is 5.32 Å². The number of amides is 1. The SMILES string of the molecule is CC(C)c1cnc(NC(=O)c2csc(CN)n2)s1.Cl. The average Bonchev–Trinajstić information content (AvgIpc) is 2.96. The van der Waals surface area contributed by atoms with Gasteiger partial charge in [-0.05, 0) is 5.92 Å². The normalized spacial score (nSPS) is 10.3. The Kier molecular flexibility index (Phi) is 5.86. The average molecular weight is 319 g/mol. The molecule has 0 aliphatic carbocycles. The van der Waals surface area contributed by atoms with E-state index in [0.29, 0.717) is 23.3 Å². The molecule has 104 valence electrons. The van der Waals surface area contributed by atoms with Gasteiger partial charge in [0.15, 0.2) is 5.13 Å². The van der Waals surface area contributed by atoms with Crippen LogP contribution >= 0.6 is 35.1 Å². The topological polar surface area (TPSA) is 80.9 Å². The minimum absolute atomic E-state index is 0. The van der Waals surface area contributed by atoms with Crippen molar-refractivity contribution in [3.8, 4) is 0 Å². The summed E-state index contributed by atoms with van der Waals surface area (Å²) in [6.07, 6.45) is 1.79. The highest BCUT2D eigenvalue weighted by Crippen LogP contribution is 2.25. The lowest BCUT2D eigenvalue weighted by molar-refractivity contribution is 0.102. The van der Waals surface area contributed by atoms with Crippen LogP contribution in [0.2, 0.25) is 0 Å². The summed E-state index contributed by atoms with van der Waals surface area (Å²) >= 11 is 2.87. The fourth-order valence-electron chi connectivity index (χ4n) is 1.28. The number of nitrogens with one attached hydrogen (secondary N) is 1. The van der Waals surface area contributed by atoms with E-state index in [1.54, 1.807) is 11.6 Å². The van der Waals surface area contributed by atoms with Crippen LogP contribution < -0.4 is 11.1 Å². The Morgan fingerprint density at radius 1 is 1.53 bits per heavy atom. The molecular weight excluding hydrogens is 304 g/mol. The number of anilines is 1. The monoisotopic (exact) mass is 318 g/mol. The number of carbonyl (C=O) groups excluding carboxylic acids is 1. The Balaban J connectivity index is 0.00000180. The number of rotatable bonds is 4. The second kappa shape index (κ2) is 6.95. The molecule has 2 aromatic heterocycles. The van der Waals surface area contributed by atoms with Crippen molar-refractivity contribution in [1.29, 1.82) is 0 Å². The number of hydrogen-bond acceptors (Lipinski definition) is 6. The highest BCUT2D eigenvalue weighted by molar-refractivity contribution is 7.15. The molecule has 1 amide bonds. The zero-order chi connectivity index (χ0) is 13.1. The van der Waals surface area contributed by atoms with Gasteiger partial charge in [0, 0.05) is 23.0 Å². The van der Waals surface area contributed by atoms with E-state index in [4.69, 9.17) is 5.73 Å². The predicted molar refractivity (Wildman–Crippen MR) is 81.4 cm³/mol. The minimum Gasteiger partial charge on any atom is -0.325 e. The third-order valence-corrected chi connectivity index (χ3v) is 4.36. The Morgan fingerprint density at radius 3 is 2.79 bits per heavy atom. The summed E-state index contributed by atoms with van der Waals surface area (Å²) in [6.45, 7) is 4.53. The van der Waals surface area contributed by atoms with E-state index in [0.717, 1.165) is 9.88 Å². The van der Waals surface area contributed by atoms with Crippen LogP contribution in [0.3, 0.4) is 0 Å². The summed E-state index contributed by atoms with van der Waals surface area (Å²) in [7, 11) is 0.